The van der Waals surface area contributed by atoms with Gasteiger partial charge in [0.15, 0.2) is 0 Å². The highest BCUT2D eigenvalue weighted by atomic mass is 32.1. The van der Waals surface area contributed by atoms with Gasteiger partial charge in [0.1, 0.15) is 0 Å². The van der Waals surface area contributed by atoms with Gasteiger partial charge >= 0.3 is 0 Å². The van der Waals surface area contributed by atoms with Gasteiger partial charge in [0.05, 0.1) is 5.56 Å². The quantitative estimate of drug-likeness (QED) is 0.839. The van der Waals surface area contributed by atoms with Gasteiger partial charge in [-0.15, -0.1) is 0 Å². The maximum Gasteiger partial charge on any atom is 0.254 e. The van der Waals surface area contributed by atoms with E-state index in [2.05, 4.69) is 35.2 Å². The van der Waals surface area contributed by atoms with Crippen molar-refractivity contribution in [3.63, 3.8) is 0 Å². The van der Waals surface area contributed by atoms with Crippen LogP contribution >= 0.6 is 11.3 Å². The molecule has 1 aromatic carbocycles. The first-order valence-electron chi connectivity index (χ1n) is 8.81. The predicted octanol–water partition coefficient (Wildman–Crippen LogP) is 4.02. The number of amides is 1. The van der Waals surface area contributed by atoms with Gasteiger partial charge in [0, 0.05) is 37.1 Å². The molecule has 2 atom stereocenters. The molecule has 0 saturated carbocycles. The highest BCUT2D eigenvalue weighted by Gasteiger charge is 2.42. The van der Waals surface area contributed by atoms with E-state index < -0.39 is 0 Å². The number of thiophene rings is 1. The molecule has 2 aromatic rings. The summed E-state index contributed by atoms with van der Waals surface area (Å²) in [4.78, 5) is 17.3. The summed E-state index contributed by atoms with van der Waals surface area (Å²) in [6, 6.07) is 14.3. The summed E-state index contributed by atoms with van der Waals surface area (Å²) < 4.78 is 0. The first kappa shape index (κ1) is 15.9. The monoisotopic (exact) mass is 340 g/mol. The number of carbonyl (C=O) groups excluding carboxylic acids is 1. The topological polar surface area (TPSA) is 23.6 Å². The van der Waals surface area contributed by atoms with E-state index >= 15 is 0 Å². The molecule has 3 heterocycles. The molecule has 0 N–H and O–H groups in total. The molecule has 0 aliphatic carbocycles. The van der Waals surface area contributed by atoms with E-state index in [0.717, 1.165) is 24.9 Å². The van der Waals surface area contributed by atoms with Gasteiger partial charge in [0.25, 0.3) is 5.91 Å². The molecule has 4 rings (SSSR count). The maximum atomic E-state index is 12.6. The Hall–Kier alpha value is -1.65. The number of nitrogens with zero attached hydrogens (tertiary/aromatic N) is 2. The Bertz CT molecular complexity index is 671. The lowest BCUT2D eigenvalue weighted by molar-refractivity contribution is 0.0478. The van der Waals surface area contributed by atoms with E-state index in [1.165, 1.54) is 18.4 Å². The van der Waals surface area contributed by atoms with Crippen molar-refractivity contribution >= 4 is 17.2 Å². The summed E-state index contributed by atoms with van der Waals surface area (Å²) in [6.07, 6.45) is 4.76. The Kier molecular flexibility index (Phi) is 4.42. The van der Waals surface area contributed by atoms with Crippen molar-refractivity contribution < 1.29 is 4.79 Å². The van der Waals surface area contributed by atoms with Gasteiger partial charge in [-0.25, -0.2) is 0 Å². The van der Waals surface area contributed by atoms with Crippen molar-refractivity contribution in [3.8, 4) is 0 Å². The van der Waals surface area contributed by atoms with Crippen LogP contribution in [-0.4, -0.2) is 40.9 Å². The largest absolute Gasteiger partial charge is 0.339 e. The third kappa shape index (κ3) is 3.01. The Morgan fingerprint density at radius 3 is 2.50 bits per heavy atom. The average molecular weight is 340 g/mol. The summed E-state index contributed by atoms with van der Waals surface area (Å²) in [5.74, 6) is 0.178. The van der Waals surface area contributed by atoms with E-state index in [1.807, 2.05) is 28.8 Å². The van der Waals surface area contributed by atoms with Crippen LogP contribution in [0.15, 0.2) is 47.2 Å². The molecule has 24 heavy (non-hydrogen) atoms. The fourth-order valence-electron chi connectivity index (χ4n) is 4.37. The second kappa shape index (κ2) is 6.69. The molecule has 0 radical (unpaired) electrons. The van der Waals surface area contributed by atoms with Crippen LogP contribution in [0.5, 0.6) is 0 Å². The Labute approximate surface area is 147 Å². The van der Waals surface area contributed by atoms with Crippen LogP contribution in [0.1, 0.15) is 41.6 Å². The highest BCUT2D eigenvalue weighted by Crippen LogP contribution is 2.38. The van der Waals surface area contributed by atoms with Gasteiger partial charge in [0.2, 0.25) is 0 Å². The summed E-state index contributed by atoms with van der Waals surface area (Å²) in [5.41, 5.74) is 2.23. The zero-order chi connectivity index (χ0) is 16.5. The summed E-state index contributed by atoms with van der Waals surface area (Å²) in [7, 11) is 1.98. The molecule has 3 nitrogen and oxygen atoms in total. The fourth-order valence-corrected chi connectivity index (χ4v) is 5.00. The first-order chi connectivity index (χ1) is 11.7. The number of hydrogen-bond acceptors (Lipinski definition) is 3. The van der Waals surface area contributed by atoms with Gasteiger partial charge in [-0.05, 0) is 42.7 Å². The van der Waals surface area contributed by atoms with Crippen molar-refractivity contribution in [1.29, 1.82) is 0 Å². The van der Waals surface area contributed by atoms with Crippen LogP contribution < -0.4 is 0 Å². The molecule has 2 fully saturated rings. The second-order valence-electron chi connectivity index (χ2n) is 7.10. The van der Waals surface area contributed by atoms with Crippen molar-refractivity contribution in [2.45, 2.75) is 50.4 Å². The minimum Gasteiger partial charge on any atom is -0.339 e. The molecule has 0 spiro atoms. The van der Waals surface area contributed by atoms with Crippen LogP contribution in [0.2, 0.25) is 0 Å². The number of hydrogen-bond donors (Lipinski definition) is 0. The van der Waals surface area contributed by atoms with E-state index in [1.54, 1.807) is 11.3 Å². The van der Waals surface area contributed by atoms with Gasteiger partial charge in [-0.3, -0.25) is 9.69 Å². The first-order valence-corrected chi connectivity index (χ1v) is 9.75. The van der Waals surface area contributed by atoms with Crippen LogP contribution in [0.4, 0.5) is 0 Å². The predicted molar refractivity (Wildman–Crippen MR) is 98.2 cm³/mol. The van der Waals surface area contributed by atoms with Crippen LogP contribution in [0, 0.1) is 0 Å². The summed E-state index contributed by atoms with van der Waals surface area (Å²) in [6.45, 7) is 1.05. The number of piperidine rings is 1. The third-order valence-electron chi connectivity index (χ3n) is 5.70. The van der Waals surface area contributed by atoms with E-state index in [0.29, 0.717) is 18.1 Å². The standard InChI is InChI=1S/C20H24N2OS/c1-21(20(23)16-9-10-24-14-16)19-11-17-7-8-18(12-19)22(17)13-15-5-3-2-4-6-15/h2-6,9-10,14,17-19H,7-8,11-13H2,1H3. The number of benzene rings is 1. The van der Waals surface area contributed by atoms with Gasteiger partial charge < -0.3 is 4.90 Å². The zero-order valence-electron chi connectivity index (χ0n) is 14.1. The van der Waals surface area contributed by atoms with Gasteiger partial charge in [-0.2, -0.15) is 11.3 Å². The van der Waals surface area contributed by atoms with Crippen LogP contribution in [0.25, 0.3) is 0 Å². The Morgan fingerprint density at radius 1 is 1.17 bits per heavy atom. The van der Waals surface area contributed by atoms with E-state index in [9.17, 15) is 4.79 Å². The molecule has 1 amide bonds. The van der Waals surface area contributed by atoms with Crippen molar-refractivity contribution in [2.75, 3.05) is 7.05 Å². The van der Waals surface area contributed by atoms with Gasteiger partial charge in [-0.1, -0.05) is 30.3 Å². The molecular formula is C20H24N2OS. The van der Waals surface area contributed by atoms with E-state index in [4.69, 9.17) is 0 Å². The maximum absolute atomic E-state index is 12.6. The second-order valence-corrected chi connectivity index (χ2v) is 7.88. The summed E-state index contributed by atoms with van der Waals surface area (Å²) in [5, 5.41) is 3.94. The number of carbonyl (C=O) groups is 1. The van der Waals surface area contributed by atoms with Crippen LogP contribution in [-0.2, 0) is 6.54 Å². The molecule has 2 aliphatic heterocycles. The number of fused-ring (bicyclic) bond motifs is 2. The van der Waals surface area contributed by atoms with Crippen LogP contribution in [0.3, 0.4) is 0 Å². The third-order valence-corrected chi connectivity index (χ3v) is 6.39. The Balaban J connectivity index is 1.43. The fraction of sp³-hybridized carbons (Fsp3) is 0.450. The lowest BCUT2D eigenvalue weighted by Gasteiger charge is -2.42. The lowest BCUT2D eigenvalue weighted by Crippen LogP contribution is -2.50. The molecule has 4 heteroatoms. The highest BCUT2D eigenvalue weighted by molar-refractivity contribution is 7.08. The van der Waals surface area contributed by atoms with Crippen molar-refractivity contribution in [3.05, 3.63) is 58.3 Å². The van der Waals surface area contributed by atoms with Crippen molar-refractivity contribution in [1.82, 2.24) is 9.80 Å². The minimum absolute atomic E-state index is 0.178. The molecule has 2 saturated heterocycles. The van der Waals surface area contributed by atoms with Crippen molar-refractivity contribution in [2.24, 2.45) is 0 Å². The smallest absolute Gasteiger partial charge is 0.254 e. The molecule has 2 aliphatic rings. The average Bonchev–Trinajstić information content (AvgIpc) is 3.21. The number of rotatable bonds is 4. The molecule has 2 bridgehead atoms. The normalized spacial score (nSPS) is 26.5. The SMILES string of the molecule is CN(C(=O)c1ccsc1)C1CC2CCC(C1)N2Cc1ccccc1. The molecular weight excluding hydrogens is 316 g/mol. The molecule has 2 unspecified atom stereocenters. The molecule has 126 valence electrons. The minimum atomic E-state index is 0.178. The Morgan fingerprint density at radius 2 is 1.88 bits per heavy atom. The van der Waals surface area contributed by atoms with E-state index in [-0.39, 0.29) is 5.91 Å². The molecule has 1 aromatic heterocycles. The zero-order valence-corrected chi connectivity index (χ0v) is 14.9. The summed E-state index contributed by atoms with van der Waals surface area (Å²) >= 11 is 1.59. The lowest BCUT2D eigenvalue weighted by atomic mass is 9.95.